The molecule has 3 aromatic rings. The fraction of sp³-hybridized carbons (Fsp3) is 0.368. The van der Waals surface area contributed by atoms with E-state index in [1.54, 1.807) is 6.26 Å². The number of furan rings is 1. The molecule has 0 amide bonds. The highest BCUT2D eigenvalue weighted by molar-refractivity contribution is 5.57. The lowest BCUT2D eigenvalue weighted by Crippen LogP contribution is -2.35. The second-order valence-electron chi connectivity index (χ2n) is 6.52. The number of nitrogens with zero attached hydrogens (tertiary/aromatic N) is 4. The lowest BCUT2D eigenvalue weighted by Gasteiger charge is -2.31. The predicted molar refractivity (Wildman–Crippen MR) is 93.9 cm³/mol. The molecule has 0 atom stereocenters. The second-order valence-corrected chi connectivity index (χ2v) is 6.52. The summed E-state index contributed by atoms with van der Waals surface area (Å²) in [5.74, 6) is 3.53. The minimum atomic E-state index is 0.644. The molecular weight excluding hydrogens is 300 g/mol. The van der Waals surface area contributed by atoms with Gasteiger partial charge >= 0.3 is 0 Å². The molecule has 0 unspecified atom stereocenters. The first-order chi connectivity index (χ1) is 11.8. The summed E-state index contributed by atoms with van der Waals surface area (Å²) in [5.41, 5.74) is 1.08. The van der Waals surface area contributed by atoms with Gasteiger partial charge in [0.2, 0.25) is 5.95 Å². The number of aromatic nitrogens is 3. The van der Waals surface area contributed by atoms with E-state index in [2.05, 4.69) is 38.7 Å². The van der Waals surface area contributed by atoms with Crippen LogP contribution in [0.3, 0.4) is 0 Å². The van der Waals surface area contributed by atoms with Gasteiger partial charge in [-0.3, -0.25) is 4.57 Å². The largest absolute Gasteiger partial charge is 0.467 e. The predicted octanol–water partition coefficient (Wildman–Crippen LogP) is 3.82. The van der Waals surface area contributed by atoms with Gasteiger partial charge in [-0.2, -0.15) is 0 Å². The summed E-state index contributed by atoms with van der Waals surface area (Å²) in [6.07, 6.45) is 4.12. The highest BCUT2D eigenvalue weighted by Gasteiger charge is 2.23. The summed E-state index contributed by atoms with van der Waals surface area (Å²) in [6.45, 7) is 5.03. The molecule has 1 fully saturated rings. The minimum Gasteiger partial charge on any atom is -0.467 e. The zero-order valence-corrected chi connectivity index (χ0v) is 13.9. The van der Waals surface area contributed by atoms with Crippen molar-refractivity contribution in [3.8, 4) is 11.4 Å². The summed E-state index contributed by atoms with van der Waals surface area (Å²) in [6, 6.07) is 14.1. The van der Waals surface area contributed by atoms with Crippen molar-refractivity contribution in [2.45, 2.75) is 26.3 Å². The van der Waals surface area contributed by atoms with Crippen LogP contribution in [0.4, 0.5) is 5.95 Å². The molecule has 1 saturated heterocycles. The molecule has 5 heteroatoms. The summed E-state index contributed by atoms with van der Waals surface area (Å²) < 4.78 is 7.73. The van der Waals surface area contributed by atoms with Crippen LogP contribution in [-0.2, 0) is 6.54 Å². The Kier molecular flexibility index (Phi) is 4.07. The van der Waals surface area contributed by atoms with Crippen LogP contribution in [0, 0.1) is 5.92 Å². The van der Waals surface area contributed by atoms with Gasteiger partial charge in [-0.15, -0.1) is 10.2 Å². The highest BCUT2D eigenvalue weighted by Crippen LogP contribution is 2.27. The van der Waals surface area contributed by atoms with Crippen molar-refractivity contribution in [2.75, 3.05) is 18.0 Å². The van der Waals surface area contributed by atoms with Gasteiger partial charge < -0.3 is 9.32 Å². The summed E-state index contributed by atoms with van der Waals surface area (Å²) >= 11 is 0. The van der Waals surface area contributed by atoms with Gasteiger partial charge in [-0.05, 0) is 30.9 Å². The van der Waals surface area contributed by atoms with E-state index in [-0.39, 0.29) is 0 Å². The van der Waals surface area contributed by atoms with Crippen LogP contribution in [0.15, 0.2) is 53.1 Å². The maximum Gasteiger partial charge on any atom is 0.227 e. The van der Waals surface area contributed by atoms with E-state index in [1.807, 2.05) is 30.3 Å². The van der Waals surface area contributed by atoms with Crippen LogP contribution in [0.5, 0.6) is 0 Å². The van der Waals surface area contributed by atoms with E-state index >= 15 is 0 Å². The molecule has 5 nitrogen and oxygen atoms in total. The first-order valence-corrected chi connectivity index (χ1v) is 8.57. The molecule has 3 heterocycles. The van der Waals surface area contributed by atoms with Crippen molar-refractivity contribution >= 4 is 5.95 Å². The molecule has 0 saturated carbocycles. The van der Waals surface area contributed by atoms with Crippen LogP contribution in [0.2, 0.25) is 0 Å². The zero-order chi connectivity index (χ0) is 16.4. The SMILES string of the molecule is CC1CCN(c2nnc(-c3ccccc3)n2Cc2ccco2)CC1. The Morgan fingerprint density at radius 1 is 1.04 bits per heavy atom. The molecule has 0 radical (unpaired) electrons. The molecule has 1 aliphatic heterocycles. The summed E-state index contributed by atoms with van der Waals surface area (Å²) in [7, 11) is 0. The van der Waals surface area contributed by atoms with Gasteiger partial charge in [0.25, 0.3) is 0 Å². The van der Waals surface area contributed by atoms with Crippen LogP contribution < -0.4 is 4.90 Å². The molecule has 1 aliphatic rings. The third-order valence-corrected chi connectivity index (χ3v) is 4.72. The van der Waals surface area contributed by atoms with Crippen molar-refractivity contribution < 1.29 is 4.42 Å². The van der Waals surface area contributed by atoms with Crippen molar-refractivity contribution in [2.24, 2.45) is 5.92 Å². The Morgan fingerprint density at radius 3 is 2.54 bits per heavy atom. The number of hydrogen-bond acceptors (Lipinski definition) is 4. The molecule has 4 rings (SSSR count). The van der Waals surface area contributed by atoms with E-state index < -0.39 is 0 Å². The minimum absolute atomic E-state index is 0.644. The first kappa shape index (κ1) is 15.0. The fourth-order valence-corrected chi connectivity index (χ4v) is 3.24. The van der Waals surface area contributed by atoms with Crippen LogP contribution in [-0.4, -0.2) is 27.9 Å². The number of piperidine rings is 1. The number of rotatable bonds is 4. The Balaban J connectivity index is 1.72. The standard InChI is InChI=1S/C19H22N4O/c1-15-9-11-22(12-10-15)19-21-20-18(16-6-3-2-4-7-16)23(19)14-17-8-5-13-24-17/h2-8,13,15H,9-12,14H2,1H3. The molecule has 1 aromatic carbocycles. The average Bonchev–Trinajstić information content (AvgIpc) is 3.27. The maximum absolute atomic E-state index is 5.56. The molecule has 24 heavy (non-hydrogen) atoms. The van der Waals surface area contributed by atoms with Crippen molar-refractivity contribution in [1.29, 1.82) is 0 Å². The van der Waals surface area contributed by atoms with Crippen molar-refractivity contribution in [3.63, 3.8) is 0 Å². The van der Waals surface area contributed by atoms with Crippen LogP contribution in [0.1, 0.15) is 25.5 Å². The van der Waals surface area contributed by atoms with Crippen molar-refractivity contribution in [3.05, 3.63) is 54.5 Å². The van der Waals surface area contributed by atoms with E-state index in [1.165, 1.54) is 12.8 Å². The van der Waals surface area contributed by atoms with E-state index in [4.69, 9.17) is 4.42 Å². The maximum atomic E-state index is 5.56. The van der Waals surface area contributed by atoms with Gasteiger partial charge in [-0.25, -0.2) is 0 Å². The monoisotopic (exact) mass is 322 g/mol. The van der Waals surface area contributed by atoms with E-state index in [0.29, 0.717) is 6.54 Å². The van der Waals surface area contributed by atoms with Gasteiger partial charge in [0.1, 0.15) is 5.76 Å². The third kappa shape index (κ3) is 2.94. The van der Waals surface area contributed by atoms with Crippen LogP contribution in [0.25, 0.3) is 11.4 Å². The fourth-order valence-electron chi connectivity index (χ4n) is 3.24. The molecule has 0 spiro atoms. The zero-order valence-electron chi connectivity index (χ0n) is 13.9. The van der Waals surface area contributed by atoms with E-state index in [0.717, 1.165) is 42.1 Å². The molecule has 0 N–H and O–H groups in total. The average molecular weight is 322 g/mol. The highest BCUT2D eigenvalue weighted by atomic mass is 16.3. The van der Waals surface area contributed by atoms with Gasteiger partial charge in [0.15, 0.2) is 5.82 Å². The molecule has 0 aliphatic carbocycles. The molecule has 0 bridgehead atoms. The van der Waals surface area contributed by atoms with Crippen molar-refractivity contribution in [1.82, 2.24) is 14.8 Å². The number of hydrogen-bond donors (Lipinski definition) is 0. The van der Waals surface area contributed by atoms with Gasteiger partial charge in [0.05, 0.1) is 12.8 Å². The van der Waals surface area contributed by atoms with E-state index in [9.17, 15) is 0 Å². The summed E-state index contributed by atoms with van der Waals surface area (Å²) in [5, 5.41) is 9.01. The van der Waals surface area contributed by atoms with Gasteiger partial charge in [0, 0.05) is 18.7 Å². The smallest absolute Gasteiger partial charge is 0.227 e. The lowest BCUT2D eigenvalue weighted by atomic mass is 10.00. The topological polar surface area (TPSA) is 47.1 Å². The Labute approximate surface area is 141 Å². The second kappa shape index (κ2) is 6.51. The van der Waals surface area contributed by atoms with Gasteiger partial charge in [-0.1, -0.05) is 37.3 Å². The normalized spacial score (nSPS) is 15.8. The van der Waals surface area contributed by atoms with Crippen LogP contribution >= 0.6 is 0 Å². The molecule has 2 aromatic heterocycles. The lowest BCUT2D eigenvalue weighted by molar-refractivity contribution is 0.429. The quantitative estimate of drug-likeness (QED) is 0.732. The number of benzene rings is 1. The molecular formula is C19H22N4O. The number of anilines is 1. The molecule has 124 valence electrons. The Hall–Kier alpha value is -2.56. The first-order valence-electron chi connectivity index (χ1n) is 8.57. The third-order valence-electron chi connectivity index (χ3n) is 4.72. The Morgan fingerprint density at radius 2 is 1.83 bits per heavy atom. The summed E-state index contributed by atoms with van der Waals surface area (Å²) in [4.78, 5) is 2.35. The Bertz CT molecular complexity index is 771.